The predicted octanol–water partition coefficient (Wildman–Crippen LogP) is 2.29. The highest BCUT2D eigenvalue weighted by molar-refractivity contribution is 5.66. The van der Waals surface area contributed by atoms with E-state index >= 15 is 0 Å². The van der Waals surface area contributed by atoms with Gasteiger partial charge in [-0.05, 0) is 37.5 Å². The van der Waals surface area contributed by atoms with E-state index in [9.17, 15) is 5.11 Å². The normalized spacial score (nSPS) is 18.6. The first-order chi connectivity index (χ1) is 7.59. The van der Waals surface area contributed by atoms with Crippen LogP contribution in [0.1, 0.15) is 31.2 Å². The van der Waals surface area contributed by atoms with E-state index in [2.05, 4.69) is 5.32 Å². The summed E-state index contributed by atoms with van der Waals surface area (Å²) in [5.74, 6) is 0. The zero-order chi connectivity index (χ0) is 11.6. The molecule has 0 amide bonds. The molecule has 0 atom stereocenters. The van der Waals surface area contributed by atoms with Gasteiger partial charge in [0.1, 0.15) is 0 Å². The molecule has 0 spiro atoms. The highest BCUT2D eigenvalue weighted by Gasteiger charge is 2.30. The average Bonchev–Trinajstić information content (AvgIpc) is 2.64. The van der Waals surface area contributed by atoms with Gasteiger partial charge in [-0.1, -0.05) is 18.9 Å². The van der Waals surface area contributed by atoms with Crippen molar-refractivity contribution in [1.29, 1.82) is 0 Å². The van der Waals surface area contributed by atoms with E-state index in [1.807, 2.05) is 25.1 Å². The van der Waals surface area contributed by atoms with Crippen LogP contribution in [0.4, 0.5) is 11.4 Å². The maximum atomic E-state index is 10.2. The summed E-state index contributed by atoms with van der Waals surface area (Å²) in [5, 5.41) is 13.4. The summed E-state index contributed by atoms with van der Waals surface area (Å²) in [6, 6.07) is 5.95. The van der Waals surface area contributed by atoms with E-state index in [1.165, 1.54) is 0 Å². The number of hydrogen-bond acceptors (Lipinski definition) is 3. The number of nitrogens with one attached hydrogen (secondary N) is 1. The van der Waals surface area contributed by atoms with Gasteiger partial charge in [-0.3, -0.25) is 0 Å². The summed E-state index contributed by atoms with van der Waals surface area (Å²) in [7, 11) is 0. The minimum Gasteiger partial charge on any atom is -0.397 e. The van der Waals surface area contributed by atoms with E-state index in [-0.39, 0.29) is 0 Å². The maximum absolute atomic E-state index is 10.2. The molecule has 0 bridgehead atoms. The Hall–Kier alpha value is -1.22. The Morgan fingerprint density at radius 3 is 2.69 bits per heavy atom. The number of nitrogen functional groups attached to an aromatic ring is 1. The molecule has 0 radical (unpaired) electrons. The Kier molecular flexibility index (Phi) is 3.06. The van der Waals surface area contributed by atoms with E-state index in [0.29, 0.717) is 6.54 Å². The van der Waals surface area contributed by atoms with Crippen molar-refractivity contribution in [2.75, 3.05) is 17.6 Å². The van der Waals surface area contributed by atoms with Crippen LogP contribution in [0.5, 0.6) is 0 Å². The van der Waals surface area contributed by atoms with Gasteiger partial charge in [0, 0.05) is 6.54 Å². The van der Waals surface area contributed by atoms with Gasteiger partial charge in [0.05, 0.1) is 17.0 Å². The van der Waals surface area contributed by atoms with Crippen LogP contribution in [0.25, 0.3) is 0 Å². The summed E-state index contributed by atoms with van der Waals surface area (Å²) >= 11 is 0. The van der Waals surface area contributed by atoms with Crippen LogP contribution < -0.4 is 11.1 Å². The van der Waals surface area contributed by atoms with Gasteiger partial charge in [-0.15, -0.1) is 0 Å². The van der Waals surface area contributed by atoms with E-state index < -0.39 is 5.60 Å². The van der Waals surface area contributed by atoms with Crippen LogP contribution in [0.15, 0.2) is 18.2 Å². The van der Waals surface area contributed by atoms with Crippen LogP contribution in [-0.4, -0.2) is 17.3 Å². The highest BCUT2D eigenvalue weighted by atomic mass is 16.3. The Morgan fingerprint density at radius 2 is 2.06 bits per heavy atom. The molecule has 0 unspecified atom stereocenters. The zero-order valence-electron chi connectivity index (χ0n) is 9.79. The van der Waals surface area contributed by atoms with Crippen LogP contribution >= 0.6 is 0 Å². The quantitative estimate of drug-likeness (QED) is 0.685. The molecular formula is C13H20N2O. The van der Waals surface area contributed by atoms with Gasteiger partial charge in [-0.25, -0.2) is 0 Å². The summed E-state index contributed by atoms with van der Waals surface area (Å²) in [5.41, 5.74) is 8.20. The third kappa shape index (κ3) is 2.47. The largest absolute Gasteiger partial charge is 0.397 e. The second-order valence-corrected chi connectivity index (χ2v) is 4.88. The predicted molar refractivity (Wildman–Crippen MR) is 67.5 cm³/mol. The molecule has 4 N–H and O–H groups in total. The molecule has 3 nitrogen and oxygen atoms in total. The summed E-state index contributed by atoms with van der Waals surface area (Å²) in [4.78, 5) is 0. The molecule has 2 rings (SSSR count). The Morgan fingerprint density at radius 1 is 1.38 bits per heavy atom. The molecule has 1 aliphatic carbocycles. The molecular weight excluding hydrogens is 200 g/mol. The lowest BCUT2D eigenvalue weighted by atomic mass is 10.0. The molecule has 0 saturated heterocycles. The fraction of sp³-hybridized carbons (Fsp3) is 0.538. The van der Waals surface area contributed by atoms with Crippen LogP contribution in [0.2, 0.25) is 0 Å². The lowest BCUT2D eigenvalue weighted by Gasteiger charge is -2.23. The Labute approximate surface area is 96.7 Å². The third-order valence-corrected chi connectivity index (χ3v) is 3.35. The fourth-order valence-electron chi connectivity index (χ4n) is 2.31. The van der Waals surface area contributed by atoms with Gasteiger partial charge >= 0.3 is 0 Å². The lowest BCUT2D eigenvalue weighted by molar-refractivity contribution is 0.0615. The number of nitrogens with two attached hydrogens (primary N) is 1. The lowest BCUT2D eigenvalue weighted by Crippen LogP contribution is -2.33. The van der Waals surface area contributed by atoms with Crippen molar-refractivity contribution in [3.05, 3.63) is 23.8 Å². The number of rotatable bonds is 3. The Bertz CT molecular complexity index is 370. The second kappa shape index (κ2) is 4.34. The van der Waals surface area contributed by atoms with Gasteiger partial charge in [0.15, 0.2) is 0 Å². The number of aryl methyl sites for hydroxylation is 1. The minimum atomic E-state index is -0.530. The fourth-order valence-corrected chi connectivity index (χ4v) is 2.31. The minimum absolute atomic E-state index is 0.530. The first-order valence-corrected chi connectivity index (χ1v) is 5.91. The van der Waals surface area contributed by atoms with Crippen molar-refractivity contribution in [1.82, 2.24) is 0 Å². The first kappa shape index (κ1) is 11.3. The molecule has 0 aliphatic heterocycles. The smallest absolute Gasteiger partial charge is 0.0819 e. The summed E-state index contributed by atoms with van der Waals surface area (Å²) < 4.78 is 0. The number of anilines is 2. The van der Waals surface area contributed by atoms with Gasteiger partial charge < -0.3 is 16.2 Å². The molecule has 1 aliphatic rings. The zero-order valence-corrected chi connectivity index (χ0v) is 9.79. The number of aliphatic hydroxyl groups is 1. The standard InChI is InChI=1S/C13H20N2O/c1-10-4-5-12(11(14)8-10)15-9-13(16)6-2-3-7-13/h4-5,8,15-16H,2-3,6-7,9,14H2,1H3. The Balaban J connectivity index is 1.99. The number of hydrogen-bond donors (Lipinski definition) is 3. The molecule has 0 aromatic heterocycles. The summed E-state index contributed by atoms with van der Waals surface area (Å²) in [6.45, 7) is 2.62. The van der Waals surface area contributed by atoms with Gasteiger partial charge in [0.25, 0.3) is 0 Å². The highest BCUT2D eigenvalue weighted by Crippen LogP contribution is 2.30. The average molecular weight is 220 g/mol. The first-order valence-electron chi connectivity index (χ1n) is 5.91. The van der Waals surface area contributed by atoms with Crippen molar-refractivity contribution >= 4 is 11.4 Å². The molecule has 1 aromatic rings. The van der Waals surface area contributed by atoms with Crippen molar-refractivity contribution < 1.29 is 5.11 Å². The molecule has 1 aromatic carbocycles. The van der Waals surface area contributed by atoms with Crippen molar-refractivity contribution in [2.24, 2.45) is 0 Å². The number of benzene rings is 1. The van der Waals surface area contributed by atoms with Crippen LogP contribution in [-0.2, 0) is 0 Å². The maximum Gasteiger partial charge on any atom is 0.0819 e. The van der Waals surface area contributed by atoms with Crippen LogP contribution in [0, 0.1) is 6.92 Å². The molecule has 1 saturated carbocycles. The van der Waals surface area contributed by atoms with Crippen molar-refractivity contribution in [3.63, 3.8) is 0 Å². The van der Waals surface area contributed by atoms with Crippen molar-refractivity contribution in [3.8, 4) is 0 Å². The SMILES string of the molecule is Cc1ccc(NCC2(O)CCCC2)c(N)c1. The topological polar surface area (TPSA) is 58.3 Å². The molecule has 88 valence electrons. The molecule has 1 fully saturated rings. The third-order valence-electron chi connectivity index (χ3n) is 3.35. The molecule has 3 heteroatoms. The van der Waals surface area contributed by atoms with E-state index in [4.69, 9.17) is 5.73 Å². The van der Waals surface area contributed by atoms with Gasteiger partial charge in [-0.2, -0.15) is 0 Å². The van der Waals surface area contributed by atoms with Crippen molar-refractivity contribution in [2.45, 2.75) is 38.2 Å². The monoisotopic (exact) mass is 220 g/mol. The van der Waals surface area contributed by atoms with E-state index in [0.717, 1.165) is 42.6 Å². The summed E-state index contributed by atoms with van der Waals surface area (Å²) in [6.07, 6.45) is 4.04. The second-order valence-electron chi connectivity index (χ2n) is 4.88. The van der Waals surface area contributed by atoms with Crippen LogP contribution in [0.3, 0.4) is 0 Å². The molecule has 16 heavy (non-hydrogen) atoms. The molecule has 0 heterocycles. The van der Waals surface area contributed by atoms with Gasteiger partial charge in [0.2, 0.25) is 0 Å². The van der Waals surface area contributed by atoms with E-state index in [1.54, 1.807) is 0 Å².